The first-order chi connectivity index (χ1) is 6.77. The van der Waals surface area contributed by atoms with E-state index in [-0.39, 0.29) is 0 Å². The summed E-state index contributed by atoms with van der Waals surface area (Å²) in [6.07, 6.45) is 8.83. The summed E-state index contributed by atoms with van der Waals surface area (Å²) in [6.45, 7) is 4.40. The molecule has 0 saturated carbocycles. The van der Waals surface area contributed by atoms with E-state index in [2.05, 4.69) is 62.4 Å². The summed E-state index contributed by atoms with van der Waals surface area (Å²) >= 11 is 0. The Balaban J connectivity index is 2.27. The molecule has 2 unspecified atom stereocenters. The van der Waals surface area contributed by atoms with Crippen molar-refractivity contribution in [3.05, 3.63) is 59.7 Å². The van der Waals surface area contributed by atoms with Gasteiger partial charge in [0.1, 0.15) is 0 Å². The molecule has 0 amide bonds. The summed E-state index contributed by atoms with van der Waals surface area (Å²) in [7, 11) is 0. The second-order valence-corrected chi connectivity index (χ2v) is 4.07. The van der Waals surface area contributed by atoms with Gasteiger partial charge in [-0.25, -0.2) is 0 Å². The van der Waals surface area contributed by atoms with E-state index in [9.17, 15) is 0 Å². The second kappa shape index (κ2) is 3.83. The zero-order valence-electron chi connectivity index (χ0n) is 8.77. The molecule has 0 heteroatoms. The van der Waals surface area contributed by atoms with Crippen LogP contribution in [0.2, 0.25) is 0 Å². The molecule has 2 atom stereocenters. The van der Waals surface area contributed by atoms with Crippen molar-refractivity contribution in [3.63, 3.8) is 0 Å². The molecule has 1 aliphatic rings. The fourth-order valence-corrected chi connectivity index (χ4v) is 1.92. The van der Waals surface area contributed by atoms with Gasteiger partial charge in [0.25, 0.3) is 0 Å². The summed E-state index contributed by atoms with van der Waals surface area (Å²) in [5.41, 5.74) is 2.75. The van der Waals surface area contributed by atoms with Crippen molar-refractivity contribution in [2.24, 2.45) is 5.92 Å². The van der Waals surface area contributed by atoms with Gasteiger partial charge in [-0.2, -0.15) is 0 Å². The van der Waals surface area contributed by atoms with Crippen LogP contribution >= 0.6 is 0 Å². The minimum atomic E-state index is 0.556. The first-order valence-corrected chi connectivity index (χ1v) is 5.19. The smallest absolute Gasteiger partial charge is 0.00813 e. The van der Waals surface area contributed by atoms with Crippen LogP contribution in [0.15, 0.2) is 48.6 Å². The van der Waals surface area contributed by atoms with Gasteiger partial charge >= 0.3 is 0 Å². The molecule has 0 spiro atoms. The number of aryl methyl sites for hydroxylation is 1. The van der Waals surface area contributed by atoms with Gasteiger partial charge in [0.05, 0.1) is 0 Å². The Morgan fingerprint density at radius 2 is 1.57 bits per heavy atom. The second-order valence-electron chi connectivity index (χ2n) is 4.07. The molecule has 2 rings (SSSR count). The number of rotatable bonds is 1. The highest BCUT2D eigenvalue weighted by molar-refractivity contribution is 5.32. The number of hydrogen-bond acceptors (Lipinski definition) is 0. The zero-order chi connectivity index (χ0) is 9.97. The van der Waals surface area contributed by atoms with Crippen molar-refractivity contribution >= 4 is 0 Å². The van der Waals surface area contributed by atoms with E-state index in [4.69, 9.17) is 0 Å². The summed E-state index contributed by atoms with van der Waals surface area (Å²) in [4.78, 5) is 0. The SMILES string of the molecule is Cc1ccc(C2C=CC=CC2C)cc1. The highest BCUT2D eigenvalue weighted by Crippen LogP contribution is 2.29. The predicted octanol–water partition coefficient (Wildman–Crippen LogP) is 3.84. The first kappa shape index (κ1) is 9.26. The van der Waals surface area contributed by atoms with Crippen LogP contribution in [0.3, 0.4) is 0 Å². The van der Waals surface area contributed by atoms with Crippen molar-refractivity contribution in [1.82, 2.24) is 0 Å². The third kappa shape index (κ3) is 1.79. The maximum Gasteiger partial charge on any atom is 0.00813 e. The lowest BCUT2D eigenvalue weighted by atomic mass is 9.84. The minimum absolute atomic E-state index is 0.556. The van der Waals surface area contributed by atoms with Crippen LogP contribution in [0.25, 0.3) is 0 Å². The van der Waals surface area contributed by atoms with Gasteiger partial charge in [-0.3, -0.25) is 0 Å². The van der Waals surface area contributed by atoms with Gasteiger partial charge in [-0.15, -0.1) is 0 Å². The molecule has 1 aromatic rings. The van der Waals surface area contributed by atoms with Gasteiger partial charge in [-0.05, 0) is 18.4 Å². The number of hydrogen-bond donors (Lipinski definition) is 0. The molecule has 0 nitrogen and oxygen atoms in total. The van der Waals surface area contributed by atoms with E-state index in [1.807, 2.05) is 0 Å². The topological polar surface area (TPSA) is 0 Å². The van der Waals surface area contributed by atoms with E-state index in [1.54, 1.807) is 0 Å². The Morgan fingerprint density at radius 1 is 0.929 bits per heavy atom. The van der Waals surface area contributed by atoms with Crippen LogP contribution in [0.1, 0.15) is 24.0 Å². The Hall–Kier alpha value is -1.30. The van der Waals surface area contributed by atoms with Gasteiger partial charge in [0, 0.05) is 5.92 Å². The van der Waals surface area contributed by atoms with Gasteiger partial charge in [0.2, 0.25) is 0 Å². The summed E-state index contributed by atoms with van der Waals surface area (Å²) in [6, 6.07) is 8.85. The van der Waals surface area contributed by atoms with E-state index >= 15 is 0 Å². The lowest BCUT2D eigenvalue weighted by molar-refractivity contribution is 0.635. The molecule has 1 aliphatic carbocycles. The van der Waals surface area contributed by atoms with Crippen molar-refractivity contribution < 1.29 is 0 Å². The largest absolute Gasteiger partial charge is 0.0808 e. The minimum Gasteiger partial charge on any atom is -0.0808 e. The van der Waals surface area contributed by atoms with Crippen LogP contribution in [0.4, 0.5) is 0 Å². The Morgan fingerprint density at radius 3 is 2.21 bits per heavy atom. The van der Waals surface area contributed by atoms with Gasteiger partial charge in [-0.1, -0.05) is 61.1 Å². The van der Waals surface area contributed by atoms with E-state index in [1.165, 1.54) is 11.1 Å². The molecule has 0 fully saturated rings. The standard InChI is InChI=1S/C14H16/c1-11-7-9-13(10-8-11)14-6-4-3-5-12(14)2/h3-10,12,14H,1-2H3. The van der Waals surface area contributed by atoms with Gasteiger partial charge in [0.15, 0.2) is 0 Å². The molecule has 0 bridgehead atoms. The normalized spacial score (nSPS) is 25.3. The maximum absolute atomic E-state index is 2.29. The third-order valence-electron chi connectivity index (χ3n) is 2.87. The van der Waals surface area contributed by atoms with Crippen molar-refractivity contribution in [3.8, 4) is 0 Å². The van der Waals surface area contributed by atoms with Crippen LogP contribution < -0.4 is 0 Å². The van der Waals surface area contributed by atoms with Crippen molar-refractivity contribution in [1.29, 1.82) is 0 Å². The zero-order valence-corrected chi connectivity index (χ0v) is 8.77. The fraction of sp³-hybridized carbons (Fsp3) is 0.286. The Bertz CT molecular complexity index is 354. The average molecular weight is 184 g/mol. The highest BCUT2D eigenvalue weighted by Gasteiger charge is 2.15. The van der Waals surface area contributed by atoms with E-state index < -0.39 is 0 Å². The molecule has 14 heavy (non-hydrogen) atoms. The molecule has 0 N–H and O–H groups in total. The van der Waals surface area contributed by atoms with Crippen LogP contribution in [-0.4, -0.2) is 0 Å². The summed E-state index contributed by atoms with van der Waals surface area (Å²) in [5.74, 6) is 1.17. The predicted molar refractivity (Wildman–Crippen MR) is 61.4 cm³/mol. The average Bonchev–Trinajstić information content (AvgIpc) is 2.20. The Labute approximate surface area is 86.0 Å². The monoisotopic (exact) mass is 184 g/mol. The van der Waals surface area contributed by atoms with Crippen molar-refractivity contribution in [2.45, 2.75) is 19.8 Å². The van der Waals surface area contributed by atoms with Crippen LogP contribution in [-0.2, 0) is 0 Å². The number of allylic oxidation sites excluding steroid dienone is 4. The number of benzene rings is 1. The molecule has 0 saturated heterocycles. The third-order valence-corrected chi connectivity index (χ3v) is 2.87. The van der Waals surface area contributed by atoms with E-state index in [0.717, 1.165) is 0 Å². The maximum atomic E-state index is 2.29. The molecule has 0 aromatic heterocycles. The molecule has 0 aliphatic heterocycles. The Kier molecular flexibility index (Phi) is 2.53. The van der Waals surface area contributed by atoms with E-state index in [0.29, 0.717) is 11.8 Å². The van der Waals surface area contributed by atoms with Gasteiger partial charge < -0.3 is 0 Å². The van der Waals surface area contributed by atoms with Crippen LogP contribution in [0, 0.1) is 12.8 Å². The van der Waals surface area contributed by atoms with Crippen LogP contribution in [0.5, 0.6) is 0 Å². The molecular weight excluding hydrogens is 168 g/mol. The molecule has 0 radical (unpaired) electrons. The fourth-order valence-electron chi connectivity index (χ4n) is 1.92. The quantitative estimate of drug-likeness (QED) is 0.622. The summed E-state index contributed by atoms with van der Waals surface area (Å²) < 4.78 is 0. The lowest BCUT2D eigenvalue weighted by Gasteiger charge is -2.20. The van der Waals surface area contributed by atoms with Crippen molar-refractivity contribution in [2.75, 3.05) is 0 Å². The molecule has 72 valence electrons. The molecule has 0 heterocycles. The molecular formula is C14H16. The first-order valence-electron chi connectivity index (χ1n) is 5.19. The summed E-state index contributed by atoms with van der Waals surface area (Å²) in [5, 5.41) is 0. The lowest BCUT2D eigenvalue weighted by Crippen LogP contribution is -2.06. The highest BCUT2D eigenvalue weighted by atomic mass is 14.2. The molecule has 1 aromatic carbocycles.